The van der Waals surface area contributed by atoms with E-state index in [1.54, 1.807) is 6.92 Å². The molecule has 0 saturated carbocycles. The summed E-state index contributed by atoms with van der Waals surface area (Å²) in [5.41, 5.74) is 1.10. The molecule has 20 heavy (non-hydrogen) atoms. The molecular weight excluding hydrogens is 261 g/mol. The molecule has 0 spiro atoms. The van der Waals surface area contributed by atoms with E-state index in [1.807, 2.05) is 0 Å². The topological polar surface area (TPSA) is 66.4 Å². The minimum atomic E-state index is -1.07. The third kappa shape index (κ3) is 5.06. The highest BCUT2D eigenvalue weighted by molar-refractivity contribution is 5.93. The van der Waals surface area contributed by atoms with Crippen LogP contribution in [0.1, 0.15) is 18.9 Å². The molecule has 0 aliphatic carbocycles. The van der Waals surface area contributed by atoms with Crippen molar-refractivity contribution in [2.75, 3.05) is 6.54 Å². The van der Waals surface area contributed by atoms with Crippen molar-refractivity contribution >= 4 is 18.0 Å². The predicted octanol–water partition coefficient (Wildman–Crippen LogP) is 2.38. The molecule has 1 amide bonds. The first-order valence-electron chi connectivity index (χ1n) is 6.03. The van der Waals surface area contributed by atoms with Gasteiger partial charge in [0, 0.05) is 17.7 Å². The molecule has 0 unspecified atom stereocenters. The number of aliphatic carboxylic acids is 1. The van der Waals surface area contributed by atoms with E-state index in [1.165, 1.54) is 30.3 Å². The fourth-order valence-corrected chi connectivity index (χ4v) is 1.46. The van der Waals surface area contributed by atoms with Crippen LogP contribution in [-0.2, 0) is 9.59 Å². The average Bonchev–Trinajstić information content (AvgIpc) is 2.39. The van der Waals surface area contributed by atoms with Crippen LogP contribution < -0.4 is 5.32 Å². The molecule has 0 fully saturated rings. The van der Waals surface area contributed by atoms with Crippen molar-refractivity contribution in [1.29, 1.82) is 0 Å². The number of benzene rings is 1. The number of halogens is 1. The third-order valence-electron chi connectivity index (χ3n) is 2.55. The molecule has 0 atom stereocenters. The molecule has 0 radical (unpaired) electrons. The van der Waals surface area contributed by atoms with E-state index >= 15 is 0 Å². The Kier molecular flexibility index (Phi) is 5.65. The quantitative estimate of drug-likeness (QED) is 0.784. The SMILES string of the molecule is C=C(C)C(=O)NCC/C(=C\c1ccc(F)cc1)C(=O)O. The van der Waals surface area contributed by atoms with Crippen molar-refractivity contribution in [2.24, 2.45) is 0 Å². The Morgan fingerprint density at radius 1 is 1.35 bits per heavy atom. The molecule has 0 aliphatic rings. The van der Waals surface area contributed by atoms with E-state index in [9.17, 15) is 14.0 Å². The van der Waals surface area contributed by atoms with Gasteiger partial charge in [-0.2, -0.15) is 0 Å². The summed E-state index contributed by atoms with van der Waals surface area (Å²) in [5.74, 6) is -1.76. The highest BCUT2D eigenvalue weighted by atomic mass is 19.1. The van der Waals surface area contributed by atoms with E-state index in [4.69, 9.17) is 5.11 Å². The second kappa shape index (κ2) is 7.23. The van der Waals surface area contributed by atoms with Gasteiger partial charge in [-0.1, -0.05) is 18.7 Å². The smallest absolute Gasteiger partial charge is 0.331 e. The summed E-state index contributed by atoms with van der Waals surface area (Å²) < 4.78 is 12.8. The summed E-state index contributed by atoms with van der Waals surface area (Å²) in [6.45, 7) is 5.26. The number of hydrogen-bond acceptors (Lipinski definition) is 2. The summed E-state index contributed by atoms with van der Waals surface area (Å²) in [7, 11) is 0. The first kappa shape index (κ1) is 15.6. The van der Waals surface area contributed by atoms with Crippen molar-refractivity contribution in [2.45, 2.75) is 13.3 Å². The van der Waals surface area contributed by atoms with E-state index in [0.29, 0.717) is 11.1 Å². The average molecular weight is 277 g/mol. The monoisotopic (exact) mass is 277 g/mol. The van der Waals surface area contributed by atoms with Gasteiger partial charge in [0.25, 0.3) is 0 Å². The highest BCUT2D eigenvalue weighted by Gasteiger charge is 2.08. The molecule has 0 heterocycles. The van der Waals surface area contributed by atoms with Crippen LogP contribution in [0.25, 0.3) is 6.08 Å². The lowest BCUT2D eigenvalue weighted by Crippen LogP contribution is -2.25. The van der Waals surface area contributed by atoms with Gasteiger partial charge in [-0.3, -0.25) is 4.79 Å². The van der Waals surface area contributed by atoms with Crippen molar-refractivity contribution in [3.63, 3.8) is 0 Å². The maximum absolute atomic E-state index is 12.8. The van der Waals surface area contributed by atoms with Crippen molar-refractivity contribution < 1.29 is 19.1 Å². The normalized spacial score (nSPS) is 11.0. The molecule has 106 valence electrons. The Labute approximate surface area is 116 Å². The van der Waals surface area contributed by atoms with Crippen LogP contribution in [0.3, 0.4) is 0 Å². The Morgan fingerprint density at radius 2 is 1.95 bits per heavy atom. The Bertz CT molecular complexity index is 547. The largest absolute Gasteiger partial charge is 0.478 e. The van der Waals surface area contributed by atoms with Crippen LogP contribution in [0.5, 0.6) is 0 Å². The van der Waals surface area contributed by atoms with Gasteiger partial charge < -0.3 is 10.4 Å². The van der Waals surface area contributed by atoms with Gasteiger partial charge in [0.15, 0.2) is 0 Å². The highest BCUT2D eigenvalue weighted by Crippen LogP contribution is 2.11. The van der Waals surface area contributed by atoms with Crippen molar-refractivity contribution in [3.05, 3.63) is 53.4 Å². The van der Waals surface area contributed by atoms with Gasteiger partial charge in [0.2, 0.25) is 5.91 Å². The van der Waals surface area contributed by atoms with E-state index in [-0.39, 0.29) is 30.3 Å². The summed E-state index contributed by atoms with van der Waals surface area (Å²) >= 11 is 0. The minimum Gasteiger partial charge on any atom is -0.478 e. The standard InChI is InChI=1S/C15H16FNO3/c1-10(2)14(18)17-8-7-12(15(19)20)9-11-3-5-13(16)6-4-11/h3-6,9H,1,7-8H2,2H3,(H,17,18)(H,19,20)/b12-9+. The zero-order valence-electron chi connectivity index (χ0n) is 11.1. The summed E-state index contributed by atoms with van der Waals surface area (Å²) in [5, 5.41) is 11.7. The van der Waals surface area contributed by atoms with Gasteiger partial charge in [-0.05, 0) is 37.1 Å². The fraction of sp³-hybridized carbons (Fsp3) is 0.200. The maximum Gasteiger partial charge on any atom is 0.331 e. The molecule has 4 nitrogen and oxygen atoms in total. The van der Waals surface area contributed by atoms with Gasteiger partial charge >= 0.3 is 5.97 Å². The number of carboxylic acid groups (broad SMARTS) is 1. The van der Waals surface area contributed by atoms with E-state index in [2.05, 4.69) is 11.9 Å². The zero-order chi connectivity index (χ0) is 15.1. The van der Waals surface area contributed by atoms with Crippen LogP contribution >= 0.6 is 0 Å². The molecule has 0 aliphatic heterocycles. The van der Waals surface area contributed by atoms with Crippen LogP contribution in [0, 0.1) is 5.82 Å². The summed E-state index contributed by atoms with van der Waals surface area (Å²) in [6.07, 6.45) is 1.63. The molecule has 5 heteroatoms. The Balaban J connectivity index is 2.70. The molecule has 1 rings (SSSR count). The summed E-state index contributed by atoms with van der Waals surface area (Å²) in [6, 6.07) is 5.50. The number of nitrogens with one attached hydrogen (secondary N) is 1. The fourth-order valence-electron chi connectivity index (χ4n) is 1.46. The molecule has 2 N–H and O–H groups in total. The predicted molar refractivity (Wildman–Crippen MR) is 74.5 cm³/mol. The lowest BCUT2D eigenvalue weighted by Gasteiger charge is -2.05. The molecular formula is C15H16FNO3. The van der Waals surface area contributed by atoms with Crippen LogP contribution in [0.2, 0.25) is 0 Å². The van der Waals surface area contributed by atoms with Crippen LogP contribution in [0.4, 0.5) is 4.39 Å². The van der Waals surface area contributed by atoms with Crippen LogP contribution in [-0.4, -0.2) is 23.5 Å². The van der Waals surface area contributed by atoms with Crippen molar-refractivity contribution in [3.8, 4) is 0 Å². The number of hydrogen-bond donors (Lipinski definition) is 2. The number of carbonyl (C=O) groups is 2. The first-order valence-corrected chi connectivity index (χ1v) is 6.03. The van der Waals surface area contributed by atoms with Gasteiger partial charge in [0.1, 0.15) is 5.82 Å². The van der Waals surface area contributed by atoms with Gasteiger partial charge in [0.05, 0.1) is 0 Å². The molecule has 0 aromatic heterocycles. The number of amides is 1. The zero-order valence-corrected chi connectivity index (χ0v) is 11.1. The lowest BCUT2D eigenvalue weighted by atomic mass is 10.1. The number of carboxylic acids is 1. The molecule has 1 aromatic carbocycles. The minimum absolute atomic E-state index is 0.138. The van der Waals surface area contributed by atoms with Gasteiger partial charge in [-0.15, -0.1) is 0 Å². The van der Waals surface area contributed by atoms with Gasteiger partial charge in [-0.25, -0.2) is 9.18 Å². The first-order chi connectivity index (χ1) is 9.40. The molecule has 1 aromatic rings. The maximum atomic E-state index is 12.8. The lowest BCUT2D eigenvalue weighted by molar-refractivity contribution is -0.132. The van der Waals surface area contributed by atoms with Crippen LogP contribution in [0.15, 0.2) is 42.0 Å². The van der Waals surface area contributed by atoms with Crippen molar-refractivity contribution in [1.82, 2.24) is 5.32 Å². The van der Waals surface area contributed by atoms with E-state index in [0.717, 1.165) is 0 Å². The molecule has 0 saturated heterocycles. The third-order valence-corrected chi connectivity index (χ3v) is 2.55. The number of carbonyl (C=O) groups excluding carboxylic acids is 1. The second-order valence-corrected chi connectivity index (χ2v) is 4.31. The summed E-state index contributed by atoms with van der Waals surface area (Å²) in [4.78, 5) is 22.4. The van der Waals surface area contributed by atoms with E-state index < -0.39 is 5.97 Å². The second-order valence-electron chi connectivity index (χ2n) is 4.31. The number of rotatable bonds is 6. The Hall–Kier alpha value is -2.43. The molecule has 0 bridgehead atoms. The Morgan fingerprint density at radius 3 is 2.45 bits per heavy atom.